The van der Waals surface area contributed by atoms with Crippen LogP contribution in [0.1, 0.15) is 17.2 Å². The third kappa shape index (κ3) is 3.49. The van der Waals surface area contributed by atoms with Gasteiger partial charge in [0.15, 0.2) is 5.11 Å². The number of nitrogens with one attached hydrogen (secondary N) is 1. The van der Waals surface area contributed by atoms with Crippen LogP contribution in [-0.2, 0) is 6.42 Å². The molecule has 0 aliphatic carbocycles. The highest BCUT2D eigenvalue weighted by atomic mass is 32.1. The first-order valence-corrected chi connectivity index (χ1v) is 6.01. The number of thiocarbonyl (C=S) groups is 1. The fraction of sp³-hybridized carbons (Fsp3) is 0.154. The molecule has 5 heteroatoms. The summed E-state index contributed by atoms with van der Waals surface area (Å²) in [6, 6.07) is 7.85. The van der Waals surface area contributed by atoms with E-state index in [0.717, 1.165) is 17.5 Å². The molecule has 3 N–H and O–H groups in total. The van der Waals surface area contributed by atoms with Gasteiger partial charge in [0.1, 0.15) is 0 Å². The van der Waals surface area contributed by atoms with Crippen LogP contribution in [0, 0.1) is 0 Å². The van der Waals surface area contributed by atoms with E-state index < -0.39 is 0 Å². The SMILES string of the molecule is NC(=S)NC(Cc1cccnc1)c1cccnc1. The maximum atomic E-state index is 5.57. The van der Waals surface area contributed by atoms with Crippen LogP contribution in [0.3, 0.4) is 0 Å². The Hall–Kier alpha value is -2.01. The molecule has 2 aromatic rings. The molecular formula is C13H14N4S. The van der Waals surface area contributed by atoms with Crippen molar-refractivity contribution in [3.8, 4) is 0 Å². The predicted molar refractivity (Wildman–Crippen MR) is 74.8 cm³/mol. The standard InChI is InChI=1S/C13H14N4S/c14-13(18)17-12(11-4-2-6-16-9-11)7-10-3-1-5-15-8-10/h1-6,8-9,12H,7H2,(H3,14,17,18). The summed E-state index contributed by atoms with van der Waals surface area (Å²) in [5.74, 6) is 0. The molecule has 2 aromatic heterocycles. The minimum absolute atomic E-state index is 0.0143. The Bertz CT molecular complexity index is 501. The Labute approximate surface area is 111 Å². The summed E-state index contributed by atoms with van der Waals surface area (Å²) in [6.45, 7) is 0. The lowest BCUT2D eigenvalue weighted by atomic mass is 10.0. The summed E-state index contributed by atoms with van der Waals surface area (Å²) >= 11 is 4.92. The van der Waals surface area contributed by atoms with Gasteiger partial charge in [0.25, 0.3) is 0 Å². The average molecular weight is 258 g/mol. The quantitative estimate of drug-likeness (QED) is 0.815. The molecule has 0 aliphatic heterocycles. The van der Waals surface area contributed by atoms with Crippen molar-refractivity contribution < 1.29 is 0 Å². The second-order valence-electron chi connectivity index (χ2n) is 3.91. The molecule has 1 atom stereocenters. The summed E-state index contributed by atoms with van der Waals surface area (Å²) in [6.07, 6.45) is 7.91. The topological polar surface area (TPSA) is 63.8 Å². The normalized spacial score (nSPS) is 11.8. The van der Waals surface area contributed by atoms with Gasteiger partial charge >= 0.3 is 0 Å². The van der Waals surface area contributed by atoms with Crippen molar-refractivity contribution in [1.82, 2.24) is 15.3 Å². The molecular weight excluding hydrogens is 244 g/mol. The van der Waals surface area contributed by atoms with E-state index in [2.05, 4.69) is 15.3 Å². The lowest BCUT2D eigenvalue weighted by Crippen LogP contribution is -2.34. The summed E-state index contributed by atoms with van der Waals surface area (Å²) in [5, 5.41) is 3.37. The first-order valence-electron chi connectivity index (χ1n) is 5.60. The Balaban J connectivity index is 2.18. The fourth-order valence-corrected chi connectivity index (χ4v) is 1.90. The van der Waals surface area contributed by atoms with E-state index in [1.54, 1.807) is 12.4 Å². The van der Waals surface area contributed by atoms with Crippen molar-refractivity contribution in [1.29, 1.82) is 0 Å². The van der Waals surface area contributed by atoms with Crippen LogP contribution in [0.5, 0.6) is 0 Å². The van der Waals surface area contributed by atoms with Crippen LogP contribution in [0.4, 0.5) is 0 Å². The third-order valence-corrected chi connectivity index (χ3v) is 2.68. The smallest absolute Gasteiger partial charge is 0.164 e. The monoisotopic (exact) mass is 258 g/mol. The second kappa shape index (κ2) is 6.07. The molecule has 0 fully saturated rings. The summed E-state index contributed by atoms with van der Waals surface area (Å²) in [7, 11) is 0. The Morgan fingerprint density at radius 3 is 2.50 bits per heavy atom. The van der Waals surface area contributed by atoms with Crippen molar-refractivity contribution >= 4 is 17.3 Å². The van der Waals surface area contributed by atoms with E-state index >= 15 is 0 Å². The van der Waals surface area contributed by atoms with Crippen molar-refractivity contribution in [2.45, 2.75) is 12.5 Å². The molecule has 0 aromatic carbocycles. The van der Waals surface area contributed by atoms with Gasteiger partial charge in [-0.3, -0.25) is 9.97 Å². The van der Waals surface area contributed by atoms with E-state index in [1.165, 1.54) is 0 Å². The van der Waals surface area contributed by atoms with Crippen LogP contribution in [-0.4, -0.2) is 15.1 Å². The minimum Gasteiger partial charge on any atom is -0.376 e. The molecule has 0 bridgehead atoms. The Kier molecular flexibility index (Phi) is 4.20. The highest BCUT2D eigenvalue weighted by Crippen LogP contribution is 2.16. The Morgan fingerprint density at radius 1 is 1.22 bits per heavy atom. The molecule has 18 heavy (non-hydrogen) atoms. The van der Waals surface area contributed by atoms with Gasteiger partial charge in [0.2, 0.25) is 0 Å². The van der Waals surface area contributed by atoms with Crippen LogP contribution < -0.4 is 11.1 Å². The molecule has 1 unspecified atom stereocenters. The molecule has 4 nitrogen and oxygen atoms in total. The van der Waals surface area contributed by atoms with E-state index in [1.807, 2.05) is 36.7 Å². The number of nitrogens with zero attached hydrogens (tertiary/aromatic N) is 2. The highest BCUT2D eigenvalue weighted by molar-refractivity contribution is 7.80. The lowest BCUT2D eigenvalue weighted by molar-refractivity contribution is 0.641. The second-order valence-corrected chi connectivity index (χ2v) is 4.35. The average Bonchev–Trinajstić information content (AvgIpc) is 2.40. The van der Waals surface area contributed by atoms with Crippen molar-refractivity contribution in [3.05, 3.63) is 60.2 Å². The summed E-state index contributed by atoms with van der Waals surface area (Å²) in [4.78, 5) is 8.22. The van der Waals surface area contributed by atoms with Gasteiger partial charge in [-0.15, -0.1) is 0 Å². The number of aromatic nitrogens is 2. The predicted octanol–water partition coefficient (Wildman–Crippen LogP) is 1.59. The maximum Gasteiger partial charge on any atom is 0.164 e. The number of hydrogen-bond acceptors (Lipinski definition) is 3. The largest absolute Gasteiger partial charge is 0.376 e. The molecule has 0 saturated heterocycles. The number of nitrogens with two attached hydrogens (primary N) is 1. The molecule has 92 valence electrons. The van der Waals surface area contributed by atoms with Crippen molar-refractivity contribution in [3.63, 3.8) is 0 Å². The molecule has 2 heterocycles. The van der Waals surface area contributed by atoms with Crippen molar-refractivity contribution in [2.24, 2.45) is 5.73 Å². The first kappa shape index (κ1) is 12.4. The zero-order chi connectivity index (χ0) is 12.8. The lowest BCUT2D eigenvalue weighted by Gasteiger charge is -2.18. The van der Waals surface area contributed by atoms with Gasteiger partial charge in [-0.2, -0.15) is 0 Å². The van der Waals surface area contributed by atoms with Crippen molar-refractivity contribution in [2.75, 3.05) is 0 Å². The summed E-state index contributed by atoms with van der Waals surface area (Å²) in [5.41, 5.74) is 7.74. The molecule has 0 spiro atoms. The number of rotatable bonds is 4. The summed E-state index contributed by atoms with van der Waals surface area (Å²) < 4.78 is 0. The first-order chi connectivity index (χ1) is 8.75. The number of hydrogen-bond donors (Lipinski definition) is 2. The van der Waals surface area contributed by atoms with Crippen LogP contribution in [0.15, 0.2) is 49.1 Å². The molecule has 0 amide bonds. The molecule has 2 rings (SSSR count). The minimum atomic E-state index is 0.0143. The van der Waals surface area contributed by atoms with Gasteiger partial charge in [-0.05, 0) is 41.9 Å². The van der Waals surface area contributed by atoms with Gasteiger partial charge in [-0.1, -0.05) is 12.1 Å². The van der Waals surface area contributed by atoms with Crippen LogP contribution in [0.2, 0.25) is 0 Å². The van der Waals surface area contributed by atoms with Gasteiger partial charge in [0, 0.05) is 24.8 Å². The van der Waals surface area contributed by atoms with Gasteiger partial charge < -0.3 is 11.1 Å². The zero-order valence-electron chi connectivity index (χ0n) is 9.78. The van der Waals surface area contributed by atoms with Crippen LogP contribution in [0.25, 0.3) is 0 Å². The van der Waals surface area contributed by atoms with Gasteiger partial charge in [-0.25, -0.2) is 0 Å². The van der Waals surface area contributed by atoms with E-state index in [0.29, 0.717) is 0 Å². The molecule has 0 aliphatic rings. The maximum absolute atomic E-state index is 5.57. The zero-order valence-corrected chi connectivity index (χ0v) is 10.6. The van der Waals surface area contributed by atoms with E-state index in [-0.39, 0.29) is 11.2 Å². The van der Waals surface area contributed by atoms with E-state index in [4.69, 9.17) is 18.0 Å². The van der Waals surface area contributed by atoms with Gasteiger partial charge in [0.05, 0.1) is 6.04 Å². The van der Waals surface area contributed by atoms with Crippen LogP contribution >= 0.6 is 12.2 Å². The molecule has 0 radical (unpaired) electrons. The number of pyridine rings is 2. The Morgan fingerprint density at radius 2 is 1.94 bits per heavy atom. The third-order valence-electron chi connectivity index (χ3n) is 2.57. The van der Waals surface area contributed by atoms with E-state index in [9.17, 15) is 0 Å². The fourth-order valence-electron chi connectivity index (χ4n) is 1.76. The highest BCUT2D eigenvalue weighted by Gasteiger charge is 2.12. The molecule has 0 saturated carbocycles.